The second kappa shape index (κ2) is 10.2. The number of nitrogens with zero attached hydrogens (tertiary/aromatic N) is 3. The highest BCUT2D eigenvalue weighted by Gasteiger charge is 2.27. The Kier molecular flexibility index (Phi) is 6.90. The molecule has 0 spiro atoms. The van der Waals surface area contributed by atoms with E-state index in [-0.39, 0.29) is 11.8 Å². The quantitative estimate of drug-likeness (QED) is 0.514. The zero-order chi connectivity index (χ0) is 23.2. The highest BCUT2D eigenvalue weighted by atomic mass is 32.1. The number of furan rings is 1. The molecular formula is C23H23N5O4S. The number of aryl methyl sites for hydroxylation is 1. The molecule has 2 N–H and O–H groups in total. The maximum atomic E-state index is 12.3. The van der Waals surface area contributed by atoms with Crippen LogP contribution in [0, 0.1) is 17.2 Å². The summed E-state index contributed by atoms with van der Waals surface area (Å²) in [6.07, 6.45) is 11.4. The number of aromatic nitrogens is 2. The lowest BCUT2D eigenvalue weighted by molar-refractivity contribution is -0.111. The van der Waals surface area contributed by atoms with E-state index in [1.165, 1.54) is 29.9 Å². The van der Waals surface area contributed by atoms with Crippen LogP contribution in [0.15, 0.2) is 41.5 Å². The average Bonchev–Trinajstić information content (AvgIpc) is 3.54. The van der Waals surface area contributed by atoms with Crippen LogP contribution < -0.4 is 10.6 Å². The molecule has 3 aromatic heterocycles. The fourth-order valence-corrected chi connectivity index (χ4v) is 5.00. The molecule has 4 rings (SSSR count). The molecule has 1 unspecified atom stereocenters. The van der Waals surface area contributed by atoms with Crippen LogP contribution in [0.4, 0.5) is 9.80 Å². The van der Waals surface area contributed by atoms with Gasteiger partial charge in [-0.05, 0) is 42.9 Å². The minimum absolute atomic E-state index is 0.163. The SMILES string of the molecule is Cn1cc(CNC(=O)OCC2CCc3c(sc(NC(=O)/C=C/c4ccoc4)c3C#N)C2)cn1. The first kappa shape index (κ1) is 22.4. The van der Waals surface area contributed by atoms with Crippen molar-refractivity contribution in [3.05, 3.63) is 64.2 Å². The first-order valence-corrected chi connectivity index (χ1v) is 11.3. The summed E-state index contributed by atoms with van der Waals surface area (Å²) in [5.74, 6) is -0.146. The van der Waals surface area contributed by atoms with Gasteiger partial charge in [-0.3, -0.25) is 9.48 Å². The number of hydrogen-bond acceptors (Lipinski definition) is 7. The molecule has 0 saturated carbocycles. The van der Waals surface area contributed by atoms with E-state index in [9.17, 15) is 14.9 Å². The molecule has 0 radical (unpaired) electrons. The van der Waals surface area contributed by atoms with E-state index in [0.29, 0.717) is 36.6 Å². The molecule has 1 aliphatic rings. The first-order chi connectivity index (χ1) is 16.0. The third kappa shape index (κ3) is 5.70. The van der Waals surface area contributed by atoms with Crippen LogP contribution in [0.25, 0.3) is 6.08 Å². The highest BCUT2D eigenvalue weighted by molar-refractivity contribution is 7.16. The Balaban J connectivity index is 1.31. The molecule has 0 saturated heterocycles. The molecule has 0 aliphatic heterocycles. The number of anilines is 1. The Morgan fingerprint density at radius 2 is 2.36 bits per heavy atom. The molecule has 3 aromatic rings. The van der Waals surface area contributed by atoms with E-state index >= 15 is 0 Å². The summed E-state index contributed by atoms with van der Waals surface area (Å²) in [5.41, 5.74) is 3.18. The topological polar surface area (TPSA) is 122 Å². The third-order valence-corrected chi connectivity index (χ3v) is 6.50. The Bertz CT molecular complexity index is 1200. The molecule has 0 bridgehead atoms. The number of carbonyl (C=O) groups excluding carboxylic acids is 2. The van der Waals surface area contributed by atoms with E-state index in [2.05, 4.69) is 21.8 Å². The van der Waals surface area contributed by atoms with Crippen LogP contribution >= 0.6 is 11.3 Å². The van der Waals surface area contributed by atoms with E-state index in [4.69, 9.17) is 9.15 Å². The van der Waals surface area contributed by atoms with Gasteiger partial charge in [0.15, 0.2) is 0 Å². The molecule has 9 nitrogen and oxygen atoms in total. The first-order valence-electron chi connectivity index (χ1n) is 10.5. The van der Waals surface area contributed by atoms with E-state index in [1.54, 1.807) is 23.0 Å². The maximum absolute atomic E-state index is 12.3. The number of alkyl carbamates (subject to hydrolysis) is 1. The van der Waals surface area contributed by atoms with Crippen LogP contribution in [-0.4, -0.2) is 28.4 Å². The summed E-state index contributed by atoms with van der Waals surface area (Å²) >= 11 is 1.41. The summed E-state index contributed by atoms with van der Waals surface area (Å²) in [5, 5.41) is 19.8. The van der Waals surface area contributed by atoms with Crippen molar-refractivity contribution in [1.82, 2.24) is 15.1 Å². The van der Waals surface area contributed by atoms with Crippen LogP contribution in [0.3, 0.4) is 0 Å². The van der Waals surface area contributed by atoms with Gasteiger partial charge in [-0.2, -0.15) is 10.4 Å². The fourth-order valence-electron chi connectivity index (χ4n) is 3.68. The lowest BCUT2D eigenvalue weighted by atomic mass is 9.88. The van der Waals surface area contributed by atoms with Crippen molar-refractivity contribution in [3.8, 4) is 6.07 Å². The third-order valence-electron chi connectivity index (χ3n) is 5.33. The second-order valence-corrected chi connectivity index (χ2v) is 8.89. The van der Waals surface area contributed by atoms with Crippen molar-refractivity contribution in [2.75, 3.05) is 11.9 Å². The smallest absolute Gasteiger partial charge is 0.407 e. The van der Waals surface area contributed by atoms with Crippen molar-refractivity contribution in [1.29, 1.82) is 5.26 Å². The molecule has 3 heterocycles. The fraction of sp³-hybridized carbons (Fsp3) is 0.304. The number of nitriles is 1. The van der Waals surface area contributed by atoms with Gasteiger partial charge in [0.05, 0.1) is 30.9 Å². The van der Waals surface area contributed by atoms with Gasteiger partial charge in [-0.1, -0.05) is 0 Å². The largest absolute Gasteiger partial charge is 0.472 e. The number of carbonyl (C=O) groups is 2. The van der Waals surface area contributed by atoms with Gasteiger partial charge in [0.1, 0.15) is 11.1 Å². The van der Waals surface area contributed by atoms with Gasteiger partial charge in [-0.25, -0.2) is 4.79 Å². The van der Waals surface area contributed by atoms with E-state index < -0.39 is 6.09 Å². The summed E-state index contributed by atoms with van der Waals surface area (Å²) in [6.45, 7) is 0.656. The number of rotatable bonds is 7. The summed E-state index contributed by atoms with van der Waals surface area (Å²) in [6, 6.07) is 3.98. The number of hydrogen-bond donors (Lipinski definition) is 2. The second-order valence-electron chi connectivity index (χ2n) is 7.78. The number of fused-ring (bicyclic) bond motifs is 1. The van der Waals surface area contributed by atoms with E-state index in [0.717, 1.165) is 28.0 Å². The molecule has 1 atom stereocenters. The van der Waals surface area contributed by atoms with Crippen molar-refractivity contribution >= 4 is 34.4 Å². The highest BCUT2D eigenvalue weighted by Crippen LogP contribution is 2.39. The Labute approximate surface area is 194 Å². The Morgan fingerprint density at radius 1 is 1.48 bits per heavy atom. The molecule has 170 valence electrons. The molecule has 1 aliphatic carbocycles. The predicted molar refractivity (Wildman–Crippen MR) is 122 cm³/mol. The maximum Gasteiger partial charge on any atom is 0.407 e. The molecule has 10 heteroatoms. The predicted octanol–water partition coefficient (Wildman–Crippen LogP) is 3.63. The lowest BCUT2D eigenvalue weighted by Gasteiger charge is -2.21. The van der Waals surface area contributed by atoms with Gasteiger partial charge in [0, 0.05) is 41.9 Å². The van der Waals surface area contributed by atoms with Crippen LogP contribution in [0.2, 0.25) is 0 Å². The van der Waals surface area contributed by atoms with Crippen molar-refractivity contribution in [3.63, 3.8) is 0 Å². The van der Waals surface area contributed by atoms with Crippen LogP contribution in [-0.2, 0) is 36.0 Å². The average molecular weight is 466 g/mol. The van der Waals surface area contributed by atoms with Gasteiger partial charge < -0.3 is 19.8 Å². The minimum Gasteiger partial charge on any atom is -0.472 e. The van der Waals surface area contributed by atoms with Gasteiger partial charge in [0.2, 0.25) is 5.91 Å². The van der Waals surface area contributed by atoms with Gasteiger partial charge in [0.25, 0.3) is 0 Å². The molecule has 2 amide bonds. The number of ether oxygens (including phenoxy) is 1. The lowest BCUT2D eigenvalue weighted by Crippen LogP contribution is -2.27. The molecule has 0 fully saturated rings. The van der Waals surface area contributed by atoms with Crippen molar-refractivity contribution < 1.29 is 18.7 Å². The molecular weight excluding hydrogens is 442 g/mol. The van der Waals surface area contributed by atoms with Gasteiger partial charge >= 0.3 is 6.09 Å². The Hall–Kier alpha value is -3.84. The van der Waals surface area contributed by atoms with Crippen LogP contribution in [0.5, 0.6) is 0 Å². The summed E-state index contributed by atoms with van der Waals surface area (Å²) in [4.78, 5) is 25.4. The molecule has 0 aromatic carbocycles. The van der Waals surface area contributed by atoms with Crippen LogP contribution in [0.1, 0.15) is 33.6 Å². The number of amides is 2. The van der Waals surface area contributed by atoms with Crippen molar-refractivity contribution in [2.45, 2.75) is 25.8 Å². The normalized spacial score (nSPS) is 15.1. The van der Waals surface area contributed by atoms with Gasteiger partial charge in [-0.15, -0.1) is 11.3 Å². The number of thiophene rings is 1. The van der Waals surface area contributed by atoms with Crippen molar-refractivity contribution in [2.24, 2.45) is 13.0 Å². The molecule has 33 heavy (non-hydrogen) atoms. The monoisotopic (exact) mass is 465 g/mol. The summed E-state index contributed by atoms with van der Waals surface area (Å²) < 4.78 is 12.0. The summed E-state index contributed by atoms with van der Waals surface area (Å²) in [7, 11) is 1.82. The minimum atomic E-state index is -0.467. The Morgan fingerprint density at radius 3 is 3.09 bits per heavy atom. The van der Waals surface area contributed by atoms with E-state index in [1.807, 2.05) is 13.2 Å². The standard InChI is InChI=1S/C23H23N5O4S/c1-28-12-17(11-26-28)10-25-23(30)32-14-16-2-4-18-19(9-24)22(33-20(18)8-16)27-21(29)5-3-15-6-7-31-13-15/h3,5-7,11-13,16H,2,4,8,10,14H2,1H3,(H,25,30)(H,27,29)/b5-3+. The number of nitrogens with one attached hydrogen (secondary N) is 2. The zero-order valence-electron chi connectivity index (χ0n) is 18.0. The zero-order valence-corrected chi connectivity index (χ0v) is 18.9.